The van der Waals surface area contributed by atoms with Gasteiger partial charge in [-0.25, -0.2) is 0 Å². The van der Waals surface area contributed by atoms with Crippen LogP contribution in [0.25, 0.3) is 10.1 Å². The quantitative estimate of drug-likeness (QED) is 0.942. The van der Waals surface area contributed by atoms with Crippen LogP contribution >= 0.6 is 23.1 Å². The Kier molecular flexibility index (Phi) is 4.31. The maximum absolute atomic E-state index is 12.5. The van der Waals surface area contributed by atoms with Crippen LogP contribution in [0.5, 0.6) is 0 Å². The molecule has 4 nitrogen and oxygen atoms in total. The normalized spacial score (nSPS) is 12.6. The Balaban J connectivity index is 2.33. The van der Waals surface area contributed by atoms with Gasteiger partial charge in [0.15, 0.2) is 0 Å². The number of nitrogen functional groups attached to an aromatic ring is 1. The highest BCUT2D eigenvalue weighted by Crippen LogP contribution is 2.33. The summed E-state index contributed by atoms with van der Waals surface area (Å²) >= 11 is 3.14. The number of nitrogens with zero attached hydrogens (tertiary/aromatic N) is 2. The standard InChI is InChI=1S/C13H17N3OS2/c1-8(7-18-3)16(2)13(17)12-11(14)9-4-5-15-6-10(9)19-12/h4-6,8H,7,14H2,1-3H3. The van der Waals surface area contributed by atoms with Crippen molar-refractivity contribution in [2.75, 3.05) is 24.8 Å². The molecule has 0 aliphatic heterocycles. The predicted molar refractivity (Wildman–Crippen MR) is 84.0 cm³/mol. The van der Waals surface area contributed by atoms with Crippen molar-refractivity contribution in [2.45, 2.75) is 13.0 Å². The SMILES string of the molecule is CSCC(C)N(C)C(=O)c1sc2cnccc2c1N. The van der Waals surface area contributed by atoms with Crippen LogP contribution in [-0.4, -0.2) is 40.9 Å². The van der Waals surface area contributed by atoms with Crippen LogP contribution in [0.4, 0.5) is 5.69 Å². The van der Waals surface area contributed by atoms with E-state index < -0.39 is 0 Å². The Morgan fingerprint density at radius 3 is 3.00 bits per heavy atom. The zero-order chi connectivity index (χ0) is 14.0. The molecule has 0 saturated heterocycles. The molecule has 1 unspecified atom stereocenters. The molecule has 2 N–H and O–H groups in total. The molecule has 1 amide bonds. The predicted octanol–water partition coefficient (Wildman–Crippen LogP) is 2.70. The number of hydrogen-bond donors (Lipinski definition) is 1. The second-order valence-electron chi connectivity index (χ2n) is 4.44. The van der Waals surface area contributed by atoms with Crippen LogP contribution in [0.2, 0.25) is 0 Å². The molecule has 6 heteroatoms. The molecule has 0 bridgehead atoms. The summed E-state index contributed by atoms with van der Waals surface area (Å²) in [6.07, 6.45) is 5.48. The van der Waals surface area contributed by atoms with Crippen LogP contribution in [0.3, 0.4) is 0 Å². The van der Waals surface area contributed by atoms with Crippen molar-refractivity contribution in [3.05, 3.63) is 23.3 Å². The summed E-state index contributed by atoms with van der Waals surface area (Å²) in [7, 11) is 1.82. The van der Waals surface area contributed by atoms with E-state index >= 15 is 0 Å². The van der Waals surface area contributed by atoms with E-state index in [2.05, 4.69) is 4.98 Å². The maximum atomic E-state index is 12.5. The molecule has 0 aliphatic carbocycles. The van der Waals surface area contributed by atoms with Crippen molar-refractivity contribution >= 4 is 44.8 Å². The first-order valence-corrected chi connectivity index (χ1v) is 8.15. The Hall–Kier alpha value is -1.27. The molecule has 1 atom stereocenters. The van der Waals surface area contributed by atoms with Gasteiger partial charge in [-0.1, -0.05) is 0 Å². The van der Waals surface area contributed by atoms with Gasteiger partial charge in [0, 0.05) is 36.6 Å². The minimum absolute atomic E-state index is 0.0137. The topological polar surface area (TPSA) is 59.2 Å². The number of aromatic nitrogens is 1. The zero-order valence-electron chi connectivity index (χ0n) is 11.2. The third-order valence-corrected chi connectivity index (χ3v) is 5.07. The van der Waals surface area contributed by atoms with Crippen molar-refractivity contribution < 1.29 is 4.79 Å². The van der Waals surface area contributed by atoms with E-state index in [9.17, 15) is 4.79 Å². The van der Waals surface area contributed by atoms with E-state index in [0.29, 0.717) is 10.6 Å². The van der Waals surface area contributed by atoms with E-state index in [4.69, 9.17) is 5.73 Å². The van der Waals surface area contributed by atoms with Gasteiger partial charge in [0.2, 0.25) is 0 Å². The lowest BCUT2D eigenvalue weighted by molar-refractivity contribution is 0.0763. The number of thioether (sulfide) groups is 1. The Labute approximate surface area is 121 Å². The summed E-state index contributed by atoms with van der Waals surface area (Å²) in [5.74, 6) is 0.898. The fourth-order valence-corrected chi connectivity index (χ4v) is 3.62. The van der Waals surface area contributed by atoms with E-state index in [0.717, 1.165) is 15.8 Å². The lowest BCUT2D eigenvalue weighted by atomic mass is 10.2. The summed E-state index contributed by atoms with van der Waals surface area (Å²) in [4.78, 5) is 18.9. The Bertz CT molecular complexity index is 597. The molecule has 0 aliphatic rings. The first-order valence-electron chi connectivity index (χ1n) is 5.94. The molecule has 19 heavy (non-hydrogen) atoms. The number of carbonyl (C=O) groups excluding carboxylic acids is 1. The Morgan fingerprint density at radius 2 is 2.37 bits per heavy atom. The summed E-state index contributed by atoms with van der Waals surface area (Å²) in [6.45, 7) is 2.04. The molecule has 0 saturated carbocycles. The van der Waals surface area contributed by atoms with E-state index in [1.807, 2.05) is 26.3 Å². The third-order valence-electron chi connectivity index (χ3n) is 3.11. The highest BCUT2D eigenvalue weighted by molar-refractivity contribution is 7.98. The highest BCUT2D eigenvalue weighted by atomic mass is 32.2. The molecular formula is C13H17N3OS2. The average molecular weight is 295 g/mol. The Morgan fingerprint density at radius 1 is 1.63 bits per heavy atom. The van der Waals surface area contributed by atoms with Crippen molar-refractivity contribution in [2.24, 2.45) is 0 Å². The number of fused-ring (bicyclic) bond motifs is 1. The number of anilines is 1. The molecule has 0 radical (unpaired) electrons. The monoisotopic (exact) mass is 295 g/mol. The second kappa shape index (κ2) is 5.79. The molecule has 0 spiro atoms. The first kappa shape index (κ1) is 14.1. The smallest absolute Gasteiger partial charge is 0.266 e. The number of thiophene rings is 1. The summed E-state index contributed by atoms with van der Waals surface area (Å²) < 4.78 is 0.953. The molecule has 2 rings (SSSR count). The molecule has 2 heterocycles. The minimum Gasteiger partial charge on any atom is -0.397 e. The number of hydrogen-bond acceptors (Lipinski definition) is 5. The highest BCUT2D eigenvalue weighted by Gasteiger charge is 2.22. The summed E-state index contributed by atoms with van der Waals surface area (Å²) in [6, 6.07) is 2.04. The number of rotatable bonds is 4. The van der Waals surface area contributed by atoms with Crippen molar-refractivity contribution in [1.82, 2.24) is 9.88 Å². The maximum Gasteiger partial charge on any atom is 0.266 e. The number of carbonyl (C=O) groups is 1. The first-order chi connectivity index (χ1) is 9.06. The van der Waals surface area contributed by atoms with E-state index in [1.54, 1.807) is 29.1 Å². The van der Waals surface area contributed by atoms with Gasteiger partial charge in [0.25, 0.3) is 5.91 Å². The molecule has 102 valence electrons. The fraction of sp³-hybridized carbons (Fsp3) is 0.385. The second-order valence-corrected chi connectivity index (χ2v) is 6.40. The van der Waals surface area contributed by atoms with E-state index in [1.165, 1.54) is 11.3 Å². The average Bonchev–Trinajstić information content (AvgIpc) is 2.75. The lowest BCUT2D eigenvalue weighted by Gasteiger charge is -2.23. The lowest BCUT2D eigenvalue weighted by Crippen LogP contribution is -2.36. The van der Waals surface area contributed by atoms with Gasteiger partial charge in [-0.2, -0.15) is 11.8 Å². The largest absolute Gasteiger partial charge is 0.397 e. The van der Waals surface area contributed by atoms with Crippen LogP contribution in [0.15, 0.2) is 18.5 Å². The van der Waals surface area contributed by atoms with Crippen molar-refractivity contribution in [3.8, 4) is 0 Å². The molecule has 0 fully saturated rings. The van der Waals surface area contributed by atoms with Gasteiger partial charge in [0.1, 0.15) is 4.88 Å². The van der Waals surface area contributed by atoms with Gasteiger partial charge < -0.3 is 10.6 Å². The number of pyridine rings is 1. The summed E-state index contributed by atoms with van der Waals surface area (Å²) in [5, 5.41) is 0.911. The van der Waals surface area contributed by atoms with Crippen LogP contribution in [0, 0.1) is 0 Å². The van der Waals surface area contributed by atoms with Gasteiger partial charge in [0.05, 0.1) is 10.4 Å². The molecule has 0 aromatic carbocycles. The van der Waals surface area contributed by atoms with Gasteiger partial charge in [-0.05, 0) is 19.2 Å². The zero-order valence-corrected chi connectivity index (χ0v) is 12.8. The van der Waals surface area contributed by atoms with Crippen molar-refractivity contribution in [1.29, 1.82) is 0 Å². The molecule has 2 aromatic heterocycles. The van der Waals surface area contributed by atoms with Crippen LogP contribution < -0.4 is 5.73 Å². The van der Waals surface area contributed by atoms with E-state index in [-0.39, 0.29) is 11.9 Å². The van der Waals surface area contributed by atoms with Crippen molar-refractivity contribution in [3.63, 3.8) is 0 Å². The number of amides is 1. The number of nitrogens with two attached hydrogens (primary N) is 1. The van der Waals surface area contributed by atoms with Gasteiger partial charge >= 0.3 is 0 Å². The fourth-order valence-electron chi connectivity index (χ4n) is 1.84. The third kappa shape index (κ3) is 2.69. The molecule has 2 aromatic rings. The van der Waals surface area contributed by atoms with Gasteiger partial charge in [-0.3, -0.25) is 9.78 Å². The van der Waals surface area contributed by atoms with Crippen LogP contribution in [-0.2, 0) is 0 Å². The van der Waals surface area contributed by atoms with Gasteiger partial charge in [-0.15, -0.1) is 11.3 Å². The summed E-state index contributed by atoms with van der Waals surface area (Å²) in [5.41, 5.74) is 6.65. The molecular weight excluding hydrogens is 278 g/mol. The van der Waals surface area contributed by atoms with Crippen LogP contribution in [0.1, 0.15) is 16.6 Å². The minimum atomic E-state index is -0.0137.